The average Bonchev–Trinajstić information content (AvgIpc) is 3.10. The first-order chi connectivity index (χ1) is 14.5. The SMILES string of the molecule is Cc1cc(C)cc(OCC(=O)Nc2c(C(=O)N3CCOCC3)oc3ccccc23)c1. The van der Waals surface area contributed by atoms with Crippen molar-refractivity contribution in [2.24, 2.45) is 0 Å². The lowest BCUT2D eigenvalue weighted by atomic mass is 10.1. The second-order valence-corrected chi connectivity index (χ2v) is 7.37. The maximum Gasteiger partial charge on any atom is 0.291 e. The third-order valence-electron chi connectivity index (χ3n) is 4.92. The lowest BCUT2D eigenvalue weighted by Crippen LogP contribution is -2.40. The van der Waals surface area contributed by atoms with E-state index in [1.165, 1.54) is 0 Å². The molecule has 1 aliphatic heterocycles. The Morgan fingerprint density at radius 1 is 1.07 bits per heavy atom. The molecule has 0 aliphatic carbocycles. The lowest BCUT2D eigenvalue weighted by Gasteiger charge is -2.26. The maximum atomic E-state index is 13.0. The fraction of sp³-hybridized carbons (Fsp3) is 0.304. The molecule has 0 saturated carbocycles. The molecule has 1 aromatic heterocycles. The van der Waals surface area contributed by atoms with Crippen LogP contribution in [-0.2, 0) is 9.53 Å². The predicted molar refractivity (Wildman–Crippen MR) is 113 cm³/mol. The van der Waals surface area contributed by atoms with E-state index in [0.29, 0.717) is 48.7 Å². The van der Waals surface area contributed by atoms with E-state index in [9.17, 15) is 9.59 Å². The molecule has 4 rings (SSSR count). The van der Waals surface area contributed by atoms with Crippen LogP contribution in [0.5, 0.6) is 5.75 Å². The Kier molecular flexibility index (Phi) is 5.72. The highest BCUT2D eigenvalue weighted by atomic mass is 16.5. The molecule has 0 spiro atoms. The number of amides is 2. The summed E-state index contributed by atoms with van der Waals surface area (Å²) in [5.74, 6) is 0.124. The summed E-state index contributed by atoms with van der Waals surface area (Å²) in [6, 6.07) is 13.0. The summed E-state index contributed by atoms with van der Waals surface area (Å²) < 4.78 is 16.8. The fourth-order valence-corrected chi connectivity index (χ4v) is 3.57. The third kappa shape index (κ3) is 4.31. The molecule has 7 nitrogen and oxygen atoms in total. The summed E-state index contributed by atoms with van der Waals surface area (Å²) in [5.41, 5.74) is 3.03. The second-order valence-electron chi connectivity index (χ2n) is 7.37. The number of furan rings is 1. The van der Waals surface area contributed by atoms with Crippen LogP contribution in [0.2, 0.25) is 0 Å². The molecule has 0 bridgehead atoms. The number of aryl methyl sites for hydroxylation is 2. The number of nitrogens with one attached hydrogen (secondary N) is 1. The molecule has 2 heterocycles. The number of benzene rings is 2. The van der Waals surface area contributed by atoms with Gasteiger partial charge in [0.25, 0.3) is 11.8 Å². The van der Waals surface area contributed by atoms with Gasteiger partial charge in [-0.15, -0.1) is 0 Å². The number of carbonyl (C=O) groups is 2. The molecule has 1 N–H and O–H groups in total. The molecular formula is C23H24N2O5. The number of ether oxygens (including phenoxy) is 2. The first-order valence-corrected chi connectivity index (χ1v) is 9.91. The van der Waals surface area contributed by atoms with Gasteiger partial charge in [0.15, 0.2) is 6.61 Å². The monoisotopic (exact) mass is 408 g/mol. The Hall–Kier alpha value is -3.32. The minimum atomic E-state index is -0.364. The van der Waals surface area contributed by atoms with E-state index >= 15 is 0 Å². The van der Waals surface area contributed by atoms with E-state index in [1.54, 1.807) is 11.0 Å². The molecule has 0 unspecified atom stereocenters. The average molecular weight is 408 g/mol. The van der Waals surface area contributed by atoms with Crippen LogP contribution >= 0.6 is 0 Å². The van der Waals surface area contributed by atoms with Crippen LogP contribution in [0.1, 0.15) is 21.7 Å². The first-order valence-electron chi connectivity index (χ1n) is 9.91. The Morgan fingerprint density at radius 2 is 1.77 bits per heavy atom. The summed E-state index contributed by atoms with van der Waals surface area (Å²) in [6.07, 6.45) is 0. The summed E-state index contributed by atoms with van der Waals surface area (Å²) in [5, 5.41) is 3.49. The topological polar surface area (TPSA) is 81.0 Å². The summed E-state index contributed by atoms with van der Waals surface area (Å²) in [7, 11) is 0. The van der Waals surface area contributed by atoms with Gasteiger partial charge in [0.2, 0.25) is 5.76 Å². The number of nitrogens with zero attached hydrogens (tertiary/aromatic N) is 1. The van der Waals surface area contributed by atoms with Crippen molar-refractivity contribution in [1.29, 1.82) is 0 Å². The zero-order valence-electron chi connectivity index (χ0n) is 17.1. The predicted octanol–water partition coefficient (Wildman–Crippen LogP) is 3.54. The van der Waals surface area contributed by atoms with E-state index in [2.05, 4.69) is 5.32 Å². The van der Waals surface area contributed by atoms with Crippen LogP contribution in [0.25, 0.3) is 11.0 Å². The van der Waals surface area contributed by atoms with Gasteiger partial charge in [-0.3, -0.25) is 9.59 Å². The molecule has 156 valence electrons. The molecule has 30 heavy (non-hydrogen) atoms. The van der Waals surface area contributed by atoms with E-state index in [0.717, 1.165) is 11.1 Å². The zero-order valence-corrected chi connectivity index (χ0v) is 17.1. The Bertz CT molecular complexity index is 1060. The standard InChI is InChI=1S/C23H24N2O5/c1-15-11-16(2)13-17(12-15)29-14-20(26)24-21-18-5-3-4-6-19(18)30-22(21)23(27)25-7-9-28-10-8-25/h3-6,11-13H,7-10,14H2,1-2H3,(H,24,26). The molecule has 3 aromatic rings. The minimum absolute atomic E-state index is 0.123. The van der Waals surface area contributed by atoms with Crippen molar-refractivity contribution >= 4 is 28.5 Å². The van der Waals surface area contributed by atoms with Crippen molar-refractivity contribution in [2.75, 3.05) is 38.2 Å². The molecule has 0 radical (unpaired) electrons. The van der Waals surface area contributed by atoms with Crippen LogP contribution < -0.4 is 10.1 Å². The molecular weight excluding hydrogens is 384 g/mol. The molecule has 1 saturated heterocycles. The fourth-order valence-electron chi connectivity index (χ4n) is 3.57. The van der Waals surface area contributed by atoms with Gasteiger partial charge in [-0.2, -0.15) is 0 Å². The van der Waals surface area contributed by atoms with Crippen molar-refractivity contribution in [2.45, 2.75) is 13.8 Å². The van der Waals surface area contributed by atoms with Gasteiger partial charge in [0.05, 0.1) is 13.2 Å². The van der Waals surface area contributed by atoms with E-state index in [-0.39, 0.29) is 24.2 Å². The van der Waals surface area contributed by atoms with Crippen molar-refractivity contribution in [3.63, 3.8) is 0 Å². The Balaban J connectivity index is 1.54. The Morgan fingerprint density at radius 3 is 2.50 bits per heavy atom. The lowest BCUT2D eigenvalue weighted by molar-refractivity contribution is -0.118. The van der Waals surface area contributed by atoms with Crippen LogP contribution in [0, 0.1) is 13.8 Å². The number of hydrogen-bond donors (Lipinski definition) is 1. The molecule has 2 amide bonds. The van der Waals surface area contributed by atoms with Crippen molar-refractivity contribution in [3.8, 4) is 5.75 Å². The van der Waals surface area contributed by atoms with Gasteiger partial charge in [-0.1, -0.05) is 18.2 Å². The molecule has 1 aliphatic rings. The van der Waals surface area contributed by atoms with E-state index < -0.39 is 0 Å². The second kappa shape index (κ2) is 8.59. The van der Waals surface area contributed by atoms with Crippen molar-refractivity contribution in [1.82, 2.24) is 4.90 Å². The van der Waals surface area contributed by atoms with Crippen molar-refractivity contribution in [3.05, 3.63) is 59.4 Å². The van der Waals surface area contributed by atoms with E-state index in [4.69, 9.17) is 13.9 Å². The van der Waals surface area contributed by atoms with Gasteiger partial charge < -0.3 is 24.1 Å². The first kappa shape index (κ1) is 20.0. The molecule has 2 aromatic carbocycles. The number of anilines is 1. The molecule has 7 heteroatoms. The highest BCUT2D eigenvalue weighted by molar-refractivity contribution is 6.11. The number of morpholine rings is 1. The number of para-hydroxylation sites is 1. The zero-order chi connectivity index (χ0) is 21.1. The summed E-state index contributed by atoms with van der Waals surface area (Å²) in [6.45, 7) is 5.71. The third-order valence-corrected chi connectivity index (χ3v) is 4.92. The summed E-state index contributed by atoms with van der Waals surface area (Å²) in [4.78, 5) is 27.3. The molecule has 1 fully saturated rings. The van der Waals surface area contributed by atoms with Crippen LogP contribution in [0.4, 0.5) is 5.69 Å². The number of fused-ring (bicyclic) bond motifs is 1. The normalized spacial score (nSPS) is 14.0. The number of hydrogen-bond acceptors (Lipinski definition) is 5. The van der Waals surface area contributed by atoms with Crippen LogP contribution in [0.3, 0.4) is 0 Å². The van der Waals surface area contributed by atoms with Gasteiger partial charge >= 0.3 is 0 Å². The van der Waals surface area contributed by atoms with Gasteiger partial charge in [-0.05, 0) is 49.2 Å². The summed E-state index contributed by atoms with van der Waals surface area (Å²) >= 11 is 0. The Labute approximate surface area is 174 Å². The quantitative estimate of drug-likeness (QED) is 0.698. The van der Waals surface area contributed by atoms with Crippen molar-refractivity contribution < 1.29 is 23.5 Å². The van der Waals surface area contributed by atoms with E-state index in [1.807, 2.05) is 50.2 Å². The highest BCUT2D eigenvalue weighted by Crippen LogP contribution is 2.32. The molecule has 0 atom stereocenters. The van der Waals surface area contributed by atoms with Crippen LogP contribution in [0.15, 0.2) is 46.9 Å². The largest absolute Gasteiger partial charge is 0.484 e. The maximum absolute atomic E-state index is 13.0. The van der Waals surface area contributed by atoms with Gasteiger partial charge in [0, 0.05) is 18.5 Å². The highest BCUT2D eigenvalue weighted by Gasteiger charge is 2.27. The smallest absolute Gasteiger partial charge is 0.291 e. The number of rotatable bonds is 5. The number of carbonyl (C=O) groups excluding carboxylic acids is 2. The minimum Gasteiger partial charge on any atom is -0.484 e. The van der Waals surface area contributed by atoms with Gasteiger partial charge in [-0.25, -0.2) is 0 Å². The van der Waals surface area contributed by atoms with Gasteiger partial charge in [0.1, 0.15) is 17.0 Å². The van der Waals surface area contributed by atoms with Crippen LogP contribution in [-0.4, -0.2) is 49.6 Å².